The largest absolute Gasteiger partial charge is 0.378 e. The molecular weight excluding hydrogens is 416 g/mol. The van der Waals surface area contributed by atoms with Gasteiger partial charge in [-0.2, -0.15) is 0 Å². The predicted octanol–water partition coefficient (Wildman–Crippen LogP) is 1.75. The van der Waals surface area contributed by atoms with Crippen molar-refractivity contribution < 1.29 is 17.9 Å². The third kappa shape index (κ3) is 5.05. The number of amides is 1. The van der Waals surface area contributed by atoms with E-state index in [9.17, 15) is 13.2 Å². The number of anilines is 1. The molecule has 1 aliphatic heterocycles. The third-order valence-electron chi connectivity index (χ3n) is 4.56. The molecule has 2 heterocycles. The maximum Gasteiger partial charge on any atom is 0.253 e. The van der Waals surface area contributed by atoms with Crippen LogP contribution in [0.4, 0.5) is 5.82 Å². The molecule has 1 fully saturated rings. The number of aromatic nitrogens is 1. The highest BCUT2D eigenvalue weighted by Crippen LogP contribution is 2.22. The zero-order valence-corrected chi connectivity index (χ0v) is 17.8. The van der Waals surface area contributed by atoms with E-state index in [0.717, 1.165) is 28.8 Å². The first kappa shape index (κ1) is 21.5. The molecular formula is C19H23ClN4O4S. The smallest absolute Gasteiger partial charge is 0.253 e. The quantitative estimate of drug-likeness (QED) is 0.738. The molecule has 0 saturated carbocycles. The second kappa shape index (κ2) is 9.08. The number of hydrogen-bond donors (Lipinski definition) is 1. The van der Waals surface area contributed by atoms with Crippen molar-refractivity contribution in [1.82, 2.24) is 14.6 Å². The van der Waals surface area contributed by atoms with Crippen molar-refractivity contribution in [2.45, 2.75) is 11.4 Å². The molecule has 1 aromatic heterocycles. The van der Waals surface area contributed by atoms with Gasteiger partial charge in [-0.3, -0.25) is 4.79 Å². The number of ether oxygens (including phenoxy) is 1. The minimum atomic E-state index is -3.66. The van der Waals surface area contributed by atoms with Crippen LogP contribution in [0.25, 0.3) is 0 Å². The number of benzene rings is 1. The van der Waals surface area contributed by atoms with Gasteiger partial charge >= 0.3 is 0 Å². The molecule has 1 saturated heterocycles. The summed E-state index contributed by atoms with van der Waals surface area (Å²) in [6, 6.07) is 7.82. The van der Waals surface area contributed by atoms with Gasteiger partial charge in [0.2, 0.25) is 10.0 Å². The van der Waals surface area contributed by atoms with E-state index in [4.69, 9.17) is 16.3 Å². The molecule has 8 nitrogen and oxygen atoms in total. The Bertz CT molecular complexity index is 991. The summed E-state index contributed by atoms with van der Waals surface area (Å²) in [5, 5.41) is 2.98. The highest BCUT2D eigenvalue weighted by atomic mass is 35.5. The summed E-state index contributed by atoms with van der Waals surface area (Å²) in [7, 11) is -0.805. The lowest BCUT2D eigenvalue weighted by Crippen LogP contribution is -2.36. The summed E-state index contributed by atoms with van der Waals surface area (Å²) >= 11 is 6.13. The van der Waals surface area contributed by atoms with Gasteiger partial charge in [-0.05, 0) is 35.9 Å². The Balaban J connectivity index is 1.73. The van der Waals surface area contributed by atoms with Gasteiger partial charge in [-0.1, -0.05) is 11.6 Å². The van der Waals surface area contributed by atoms with Crippen LogP contribution in [-0.4, -0.2) is 64.0 Å². The molecule has 0 atom stereocenters. The van der Waals surface area contributed by atoms with Gasteiger partial charge in [-0.25, -0.2) is 17.7 Å². The minimum absolute atomic E-state index is 0.00978. The Morgan fingerprint density at radius 3 is 2.66 bits per heavy atom. The van der Waals surface area contributed by atoms with Gasteiger partial charge < -0.3 is 15.0 Å². The minimum Gasteiger partial charge on any atom is -0.378 e. The highest BCUT2D eigenvalue weighted by Gasteiger charge is 2.21. The van der Waals surface area contributed by atoms with Crippen LogP contribution < -0.4 is 10.2 Å². The van der Waals surface area contributed by atoms with E-state index in [0.29, 0.717) is 13.2 Å². The van der Waals surface area contributed by atoms with Gasteiger partial charge in [0.05, 0.1) is 28.7 Å². The Hall–Kier alpha value is -2.20. The monoisotopic (exact) mass is 438 g/mol. The van der Waals surface area contributed by atoms with E-state index in [1.54, 1.807) is 6.20 Å². The number of carbonyl (C=O) groups excluding carboxylic acids is 1. The van der Waals surface area contributed by atoms with Crippen LogP contribution in [0, 0.1) is 0 Å². The fraction of sp³-hybridized carbons (Fsp3) is 0.368. The molecule has 156 valence electrons. The molecule has 10 heteroatoms. The van der Waals surface area contributed by atoms with Crippen molar-refractivity contribution in [3.63, 3.8) is 0 Å². The first-order valence-corrected chi connectivity index (χ1v) is 10.9. The number of morpholine rings is 1. The third-order valence-corrected chi connectivity index (χ3v) is 6.70. The fourth-order valence-corrected chi connectivity index (χ4v) is 3.99. The fourth-order valence-electron chi connectivity index (χ4n) is 2.86. The normalized spacial score (nSPS) is 14.8. The van der Waals surface area contributed by atoms with Crippen LogP contribution in [0.2, 0.25) is 5.02 Å². The predicted molar refractivity (Wildman–Crippen MR) is 111 cm³/mol. The van der Waals surface area contributed by atoms with Crippen molar-refractivity contribution in [3.8, 4) is 0 Å². The first-order valence-electron chi connectivity index (χ1n) is 9.07. The molecule has 0 radical (unpaired) electrons. The first-order chi connectivity index (χ1) is 13.8. The zero-order chi connectivity index (χ0) is 21.0. The summed E-state index contributed by atoms with van der Waals surface area (Å²) in [5.74, 6) is 0.382. The Labute approximate surface area is 175 Å². The summed E-state index contributed by atoms with van der Waals surface area (Å²) in [6.07, 6.45) is 1.70. The molecule has 3 rings (SSSR count). The molecule has 29 heavy (non-hydrogen) atoms. The van der Waals surface area contributed by atoms with Crippen molar-refractivity contribution in [2.24, 2.45) is 0 Å². The van der Waals surface area contributed by atoms with Gasteiger partial charge in [-0.15, -0.1) is 0 Å². The lowest BCUT2D eigenvalue weighted by atomic mass is 10.2. The molecule has 1 N–H and O–H groups in total. The number of nitrogens with zero attached hydrogens (tertiary/aromatic N) is 3. The second-order valence-corrected chi connectivity index (χ2v) is 9.29. The molecule has 0 aliphatic carbocycles. The maximum atomic E-state index is 12.6. The molecule has 0 spiro atoms. The number of sulfonamides is 1. The number of carbonyl (C=O) groups is 1. The van der Waals surface area contributed by atoms with Crippen molar-refractivity contribution in [2.75, 3.05) is 45.3 Å². The standard InChI is InChI=1S/C19H23ClN4O4S/c1-23(2)29(26,27)15-3-4-17(20)16(12-15)19(25)22-13-14-5-6-21-18(11-14)24-7-9-28-10-8-24/h3-6,11-12H,7-10,13H2,1-2H3,(H,22,25). The summed E-state index contributed by atoms with van der Waals surface area (Å²) in [6.45, 7) is 3.12. The number of hydrogen-bond acceptors (Lipinski definition) is 6. The SMILES string of the molecule is CN(C)S(=O)(=O)c1ccc(Cl)c(C(=O)NCc2ccnc(N3CCOCC3)c2)c1. The Kier molecular flexibility index (Phi) is 6.74. The number of halogens is 1. The Morgan fingerprint density at radius 1 is 1.24 bits per heavy atom. The van der Waals surface area contributed by atoms with E-state index in [2.05, 4.69) is 15.2 Å². The van der Waals surface area contributed by atoms with E-state index in [1.165, 1.54) is 32.3 Å². The summed E-state index contributed by atoms with van der Waals surface area (Å²) in [4.78, 5) is 19.1. The van der Waals surface area contributed by atoms with E-state index < -0.39 is 15.9 Å². The summed E-state index contributed by atoms with van der Waals surface area (Å²) < 4.78 is 31.1. The summed E-state index contributed by atoms with van der Waals surface area (Å²) in [5.41, 5.74) is 0.986. The van der Waals surface area contributed by atoms with Crippen LogP contribution >= 0.6 is 11.6 Å². The van der Waals surface area contributed by atoms with Crippen molar-refractivity contribution >= 4 is 33.3 Å². The van der Waals surface area contributed by atoms with Crippen molar-refractivity contribution in [3.05, 3.63) is 52.7 Å². The van der Waals surface area contributed by atoms with Crippen LogP contribution in [0.1, 0.15) is 15.9 Å². The van der Waals surface area contributed by atoms with E-state index in [-0.39, 0.29) is 22.0 Å². The molecule has 1 amide bonds. The average Bonchev–Trinajstić information content (AvgIpc) is 2.73. The van der Waals surface area contributed by atoms with E-state index >= 15 is 0 Å². The zero-order valence-electron chi connectivity index (χ0n) is 16.3. The van der Waals surface area contributed by atoms with Crippen LogP contribution in [0.15, 0.2) is 41.4 Å². The molecule has 0 bridgehead atoms. The van der Waals surface area contributed by atoms with Crippen LogP contribution in [-0.2, 0) is 21.3 Å². The van der Waals surface area contributed by atoms with Gasteiger partial charge in [0, 0.05) is 39.9 Å². The molecule has 1 aliphatic rings. The molecule has 2 aromatic rings. The highest BCUT2D eigenvalue weighted by molar-refractivity contribution is 7.89. The van der Waals surface area contributed by atoms with Crippen LogP contribution in [0.5, 0.6) is 0 Å². The number of nitrogens with one attached hydrogen (secondary N) is 1. The van der Waals surface area contributed by atoms with E-state index in [1.807, 2.05) is 12.1 Å². The van der Waals surface area contributed by atoms with Crippen molar-refractivity contribution in [1.29, 1.82) is 0 Å². The molecule has 0 unspecified atom stereocenters. The van der Waals surface area contributed by atoms with Crippen LogP contribution in [0.3, 0.4) is 0 Å². The van der Waals surface area contributed by atoms with Gasteiger partial charge in [0.15, 0.2) is 0 Å². The molecule has 1 aromatic carbocycles. The lowest BCUT2D eigenvalue weighted by Gasteiger charge is -2.28. The topological polar surface area (TPSA) is 91.8 Å². The van der Waals surface area contributed by atoms with Gasteiger partial charge in [0.1, 0.15) is 5.82 Å². The number of pyridine rings is 1. The second-order valence-electron chi connectivity index (χ2n) is 6.73. The average molecular weight is 439 g/mol. The number of rotatable bonds is 6. The lowest BCUT2D eigenvalue weighted by molar-refractivity contribution is 0.0951. The Morgan fingerprint density at radius 2 is 1.97 bits per heavy atom. The van der Waals surface area contributed by atoms with Gasteiger partial charge in [0.25, 0.3) is 5.91 Å². The maximum absolute atomic E-state index is 12.6.